The minimum absolute atomic E-state index is 0.0293. The minimum atomic E-state index is -0.138. The molecule has 1 fully saturated rings. The van der Waals surface area contributed by atoms with E-state index in [2.05, 4.69) is 28.7 Å². The van der Waals surface area contributed by atoms with E-state index in [-0.39, 0.29) is 11.5 Å². The van der Waals surface area contributed by atoms with Gasteiger partial charge >= 0.3 is 0 Å². The molecule has 1 aliphatic heterocycles. The Balaban J connectivity index is 1.68. The number of rotatable bonds is 10. The molecule has 8 heteroatoms. The van der Waals surface area contributed by atoms with Crippen LogP contribution < -0.4 is 15.6 Å². The molecule has 208 valence electrons. The fraction of sp³-hybridized carbons (Fsp3) is 0.387. The van der Waals surface area contributed by atoms with Crippen LogP contribution in [-0.4, -0.2) is 81.4 Å². The van der Waals surface area contributed by atoms with Gasteiger partial charge in [0.15, 0.2) is 0 Å². The lowest BCUT2D eigenvalue weighted by molar-refractivity contribution is 0.0827. The molecule has 1 N–H and O–H groups in total. The van der Waals surface area contributed by atoms with Crippen LogP contribution in [0.4, 0.5) is 5.69 Å². The first-order valence-corrected chi connectivity index (χ1v) is 13.2. The Hall–Kier alpha value is -3.91. The van der Waals surface area contributed by atoms with Gasteiger partial charge in [-0.15, -0.1) is 0 Å². The molecular formula is C31H41N5O3. The van der Waals surface area contributed by atoms with Gasteiger partial charge in [-0.05, 0) is 74.2 Å². The normalized spacial score (nSPS) is 15.4. The molecule has 1 aromatic heterocycles. The van der Waals surface area contributed by atoms with E-state index in [0.29, 0.717) is 17.2 Å². The molecule has 1 saturated heterocycles. The van der Waals surface area contributed by atoms with Gasteiger partial charge < -0.3 is 15.0 Å². The molecule has 8 nitrogen and oxygen atoms in total. The third-order valence-electron chi connectivity index (χ3n) is 6.99. The van der Waals surface area contributed by atoms with E-state index in [1.807, 2.05) is 36.4 Å². The van der Waals surface area contributed by atoms with Crippen LogP contribution in [0.3, 0.4) is 0 Å². The Bertz CT molecular complexity index is 1330. The number of carbonyl (C=O) groups is 1. The van der Waals surface area contributed by atoms with Crippen LogP contribution in [0.5, 0.6) is 5.75 Å². The molecule has 0 atom stereocenters. The number of piperidine rings is 1. The number of anilines is 1. The molecule has 0 saturated carbocycles. The van der Waals surface area contributed by atoms with E-state index < -0.39 is 0 Å². The molecule has 1 aliphatic rings. The predicted octanol–water partition coefficient (Wildman–Crippen LogP) is 4.52. The summed E-state index contributed by atoms with van der Waals surface area (Å²) >= 11 is 0. The van der Waals surface area contributed by atoms with Gasteiger partial charge in [0.05, 0.1) is 12.8 Å². The second kappa shape index (κ2) is 13.8. The topological polar surface area (TPSA) is 79.2 Å². The fourth-order valence-corrected chi connectivity index (χ4v) is 4.93. The Morgan fingerprint density at radius 1 is 1.23 bits per heavy atom. The number of carbonyl (C=O) groups excluding carboxylic acids is 1. The smallest absolute Gasteiger partial charge is 0.257 e. The summed E-state index contributed by atoms with van der Waals surface area (Å²) in [6.45, 7) is 9.10. The van der Waals surface area contributed by atoms with Crippen LogP contribution in [0.2, 0.25) is 0 Å². The highest BCUT2D eigenvalue weighted by molar-refractivity contribution is 5.94. The second-order valence-electron chi connectivity index (χ2n) is 10.1. The highest BCUT2D eigenvalue weighted by atomic mass is 16.5. The Morgan fingerprint density at radius 3 is 2.54 bits per heavy atom. The number of allylic oxidation sites excluding steroid dienone is 4. The van der Waals surface area contributed by atoms with Crippen molar-refractivity contribution in [3.63, 3.8) is 0 Å². The van der Waals surface area contributed by atoms with E-state index in [1.165, 1.54) is 5.57 Å². The monoisotopic (exact) mass is 531 g/mol. The van der Waals surface area contributed by atoms with Crippen LogP contribution in [0, 0.1) is 0 Å². The number of aromatic nitrogens is 1. The molecule has 1 aromatic carbocycles. The predicted molar refractivity (Wildman–Crippen MR) is 161 cm³/mol. The van der Waals surface area contributed by atoms with Crippen molar-refractivity contribution in [2.45, 2.75) is 25.7 Å². The van der Waals surface area contributed by atoms with Crippen molar-refractivity contribution < 1.29 is 9.53 Å². The zero-order valence-corrected chi connectivity index (χ0v) is 24.0. The number of pyridine rings is 1. The van der Waals surface area contributed by atoms with Crippen LogP contribution in [0.1, 0.15) is 41.6 Å². The lowest BCUT2D eigenvalue weighted by atomic mass is 9.88. The number of likely N-dealkylation sites (tertiary alicyclic amines) is 1. The molecule has 0 radical (unpaired) electrons. The largest absolute Gasteiger partial charge is 0.496 e. The van der Waals surface area contributed by atoms with E-state index in [1.54, 1.807) is 63.2 Å². The van der Waals surface area contributed by atoms with Crippen molar-refractivity contribution in [2.75, 3.05) is 60.3 Å². The van der Waals surface area contributed by atoms with Gasteiger partial charge in [0.1, 0.15) is 5.75 Å². The van der Waals surface area contributed by atoms with E-state index >= 15 is 0 Å². The van der Waals surface area contributed by atoms with Gasteiger partial charge in [-0.3, -0.25) is 24.0 Å². The number of amides is 1. The van der Waals surface area contributed by atoms with Crippen LogP contribution >= 0.6 is 0 Å². The second-order valence-corrected chi connectivity index (χ2v) is 10.1. The molecule has 0 spiro atoms. The van der Waals surface area contributed by atoms with E-state index in [4.69, 9.17) is 4.74 Å². The summed E-state index contributed by atoms with van der Waals surface area (Å²) in [6, 6.07) is 9.22. The van der Waals surface area contributed by atoms with Crippen LogP contribution in [0.25, 0.3) is 5.70 Å². The van der Waals surface area contributed by atoms with Crippen molar-refractivity contribution in [3.05, 3.63) is 87.9 Å². The highest BCUT2D eigenvalue weighted by Crippen LogP contribution is 2.35. The summed E-state index contributed by atoms with van der Waals surface area (Å²) in [5.74, 6) is 1.13. The standard InChI is InChI=1S/C31H41N5O3/c1-22(18-23(2)28(10-14-32-3)36-17-13-26(33-4)20-30(36)37)21-35-15-11-24(12-16-35)27-9-8-25(19-29(27)39-7)31(38)34(5)6/h8-10,13-14,17-20,24,33H,2,11-12,15-16,21H2,1,3-7H3/b22-18+,28-10+,32-14?. The molecular weight excluding hydrogens is 490 g/mol. The highest BCUT2D eigenvalue weighted by Gasteiger charge is 2.24. The molecule has 1 amide bonds. The number of nitrogens with zero attached hydrogens (tertiary/aromatic N) is 4. The van der Waals surface area contributed by atoms with Gasteiger partial charge in [0.25, 0.3) is 11.5 Å². The van der Waals surface area contributed by atoms with Crippen molar-refractivity contribution in [1.29, 1.82) is 0 Å². The first-order valence-electron chi connectivity index (χ1n) is 13.2. The Morgan fingerprint density at radius 2 is 1.95 bits per heavy atom. The van der Waals surface area contributed by atoms with Gasteiger partial charge in [-0.1, -0.05) is 24.3 Å². The SMILES string of the molecule is C=C(/C=C(\C)CN1CCC(c2ccc(C(=O)N(C)C)cc2OC)CC1)/C(=C\C=NC)n1ccc(NC)cc1=O. The third kappa shape index (κ3) is 7.57. The van der Waals surface area contributed by atoms with Gasteiger partial charge in [0, 0.05) is 64.5 Å². The van der Waals surface area contributed by atoms with E-state index in [9.17, 15) is 9.59 Å². The molecule has 3 rings (SSSR count). The van der Waals surface area contributed by atoms with Crippen LogP contribution in [0.15, 0.2) is 76.2 Å². The summed E-state index contributed by atoms with van der Waals surface area (Å²) in [5.41, 5.74) is 5.03. The Labute approximate surface area is 232 Å². The number of benzene rings is 1. The average Bonchev–Trinajstić information content (AvgIpc) is 2.93. The third-order valence-corrected chi connectivity index (χ3v) is 6.99. The number of hydrogen-bond donors (Lipinski definition) is 1. The van der Waals surface area contributed by atoms with Crippen molar-refractivity contribution in [1.82, 2.24) is 14.4 Å². The number of methoxy groups -OCH3 is 1. The average molecular weight is 532 g/mol. The van der Waals surface area contributed by atoms with Gasteiger partial charge in [0.2, 0.25) is 0 Å². The number of aliphatic imine (C=N–C) groups is 1. The van der Waals surface area contributed by atoms with Crippen molar-refractivity contribution >= 4 is 23.5 Å². The van der Waals surface area contributed by atoms with Crippen molar-refractivity contribution in [2.24, 2.45) is 4.99 Å². The van der Waals surface area contributed by atoms with E-state index in [0.717, 1.165) is 55.0 Å². The maximum Gasteiger partial charge on any atom is 0.257 e. The molecule has 0 aliphatic carbocycles. The quantitative estimate of drug-likeness (QED) is 0.360. The Kier molecular flexibility index (Phi) is 10.5. The minimum Gasteiger partial charge on any atom is -0.496 e. The molecule has 2 heterocycles. The van der Waals surface area contributed by atoms with Gasteiger partial charge in [-0.2, -0.15) is 0 Å². The van der Waals surface area contributed by atoms with Crippen molar-refractivity contribution in [3.8, 4) is 5.75 Å². The summed E-state index contributed by atoms with van der Waals surface area (Å²) in [7, 11) is 8.65. The number of nitrogens with one attached hydrogen (secondary N) is 1. The fourth-order valence-electron chi connectivity index (χ4n) is 4.93. The zero-order chi connectivity index (χ0) is 28.5. The first-order chi connectivity index (χ1) is 18.7. The summed E-state index contributed by atoms with van der Waals surface area (Å²) < 4.78 is 7.26. The molecule has 0 bridgehead atoms. The summed E-state index contributed by atoms with van der Waals surface area (Å²) in [5, 5.41) is 2.99. The lowest BCUT2D eigenvalue weighted by Gasteiger charge is -2.33. The zero-order valence-electron chi connectivity index (χ0n) is 24.0. The number of hydrogen-bond acceptors (Lipinski definition) is 6. The lowest BCUT2D eigenvalue weighted by Crippen LogP contribution is -2.34. The maximum absolute atomic E-state index is 12.7. The molecule has 2 aromatic rings. The number of ether oxygens (including phenoxy) is 1. The molecule has 39 heavy (non-hydrogen) atoms. The summed E-state index contributed by atoms with van der Waals surface area (Å²) in [4.78, 5) is 33.2. The van der Waals surface area contributed by atoms with Gasteiger partial charge in [-0.25, -0.2) is 0 Å². The first kappa shape index (κ1) is 29.6. The maximum atomic E-state index is 12.7. The molecule has 0 unspecified atom stereocenters. The summed E-state index contributed by atoms with van der Waals surface area (Å²) in [6.07, 6.45) is 9.30. The van der Waals surface area contributed by atoms with Crippen LogP contribution in [-0.2, 0) is 0 Å².